The van der Waals surface area contributed by atoms with Gasteiger partial charge in [-0.3, -0.25) is 14.6 Å². The van der Waals surface area contributed by atoms with Crippen molar-refractivity contribution in [2.24, 2.45) is 0 Å². The molecule has 1 aromatic heterocycles. The number of anilines is 1. The molecule has 0 radical (unpaired) electrons. The number of carbonyl (C=O) groups is 1. The highest BCUT2D eigenvalue weighted by molar-refractivity contribution is 9.10. The fourth-order valence-electron chi connectivity index (χ4n) is 3.76. The number of thiazole rings is 1. The zero-order valence-corrected chi connectivity index (χ0v) is 21.8. The number of carbonyl (C=O) groups excluding carboxylic acids is 1. The van der Waals surface area contributed by atoms with Gasteiger partial charge in [0.2, 0.25) is 0 Å². The highest BCUT2D eigenvalue weighted by Crippen LogP contribution is 2.35. The third-order valence-electron chi connectivity index (χ3n) is 5.41. The van der Waals surface area contributed by atoms with E-state index in [-0.39, 0.29) is 18.3 Å². The quantitative estimate of drug-likeness (QED) is 0.395. The summed E-state index contributed by atoms with van der Waals surface area (Å²) in [7, 11) is 3.12. The number of ether oxygens (including phenoxy) is 3. The molecule has 2 aromatic carbocycles. The largest absolute Gasteiger partial charge is 0.493 e. The molecule has 10 heteroatoms. The summed E-state index contributed by atoms with van der Waals surface area (Å²) in [4.78, 5) is 22.6. The standard InChI is InChI=1S/C23H26BrN3O4S.ClH/c1-29-19-6-3-5-17(21(19)30-2)22(28)27(10-4-9-26-11-13-31-14-12-26)23-25-18-8-7-16(24)15-20(18)32-23;/h3,5-8,15H,4,9-14H2,1-2H3;1H. The summed E-state index contributed by atoms with van der Waals surface area (Å²) in [5, 5.41) is 0.676. The van der Waals surface area contributed by atoms with Crippen LogP contribution in [0.3, 0.4) is 0 Å². The molecule has 1 aliphatic heterocycles. The molecule has 2 heterocycles. The maximum absolute atomic E-state index is 13.7. The number of para-hydroxylation sites is 1. The third kappa shape index (κ3) is 5.96. The summed E-state index contributed by atoms with van der Waals surface area (Å²) in [5.74, 6) is 0.808. The third-order valence-corrected chi connectivity index (χ3v) is 6.94. The molecule has 7 nitrogen and oxygen atoms in total. The van der Waals surface area contributed by atoms with E-state index in [1.807, 2.05) is 18.2 Å². The van der Waals surface area contributed by atoms with Crippen molar-refractivity contribution in [1.82, 2.24) is 9.88 Å². The van der Waals surface area contributed by atoms with E-state index in [9.17, 15) is 4.79 Å². The number of methoxy groups -OCH3 is 2. The Bertz CT molecular complexity index is 1090. The monoisotopic (exact) mass is 555 g/mol. The normalized spacial score (nSPS) is 14.0. The van der Waals surface area contributed by atoms with Crippen LogP contribution in [-0.2, 0) is 4.74 Å². The molecular weight excluding hydrogens is 530 g/mol. The van der Waals surface area contributed by atoms with Crippen LogP contribution < -0.4 is 14.4 Å². The lowest BCUT2D eigenvalue weighted by atomic mass is 10.1. The molecule has 178 valence electrons. The molecule has 4 rings (SSSR count). The van der Waals surface area contributed by atoms with E-state index < -0.39 is 0 Å². The topological polar surface area (TPSA) is 64.1 Å². The van der Waals surface area contributed by atoms with Gasteiger partial charge in [0.15, 0.2) is 16.6 Å². The Morgan fingerprint density at radius 1 is 1.21 bits per heavy atom. The minimum atomic E-state index is -0.152. The van der Waals surface area contributed by atoms with E-state index in [0.717, 1.165) is 54.0 Å². The molecule has 3 aromatic rings. The number of nitrogens with zero attached hydrogens (tertiary/aromatic N) is 3. The van der Waals surface area contributed by atoms with Gasteiger partial charge in [-0.2, -0.15) is 0 Å². The average molecular weight is 557 g/mol. The minimum absolute atomic E-state index is 0. The summed E-state index contributed by atoms with van der Waals surface area (Å²) in [6.07, 6.45) is 0.831. The molecule has 0 atom stereocenters. The summed E-state index contributed by atoms with van der Waals surface area (Å²) < 4.78 is 18.4. The second kappa shape index (κ2) is 12.0. The molecule has 0 saturated carbocycles. The first-order chi connectivity index (χ1) is 15.6. The van der Waals surface area contributed by atoms with Crippen LogP contribution in [0.15, 0.2) is 40.9 Å². The zero-order valence-electron chi connectivity index (χ0n) is 18.6. The summed E-state index contributed by atoms with van der Waals surface area (Å²) in [6, 6.07) is 11.3. The lowest BCUT2D eigenvalue weighted by Gasteiger charge is -2.28. The molecule has 0 unspecified atom stereocenters. The van der Waals surface area contributed by atoms with Crippen LogP contribution in [0.4, 0.5) is 5.13 Å². The van der Waals surface area contributed by atoms with Crippen LogP contribution >= 0.6 is 39.7 Å². The molecule has 0 N–H and O–H groups in total. The molecule has 1 saturated heterocycles. The Labute approximate surface area is 212 Å². The van der Waals surface area contributed by atoms with Crippen molar-refractivity contribution in [1.29, 1.82) is 0 Å². The van der Waals surface area contributed by atoms with E-state index in [1.165, 1.54) is 11.3 Å². The fraction of sp³-hybridized carbons (Fsp3) is 0.391. The Kier molecular flexibility index (Phi) is 9.34. The zero-order chi connectivity index (χ0) is 22.5. The summed E-state index contributed by atoms with van der Waals surface area (Å²) in [6.45, 7) is 4.82. The summed E-state index contributed by atoms with van der Waals surface area (Å²) >= 11 is 5.03. The Morgan fingerprint density at radius 3 is 2.73 bits per heavy atom. The highest BCUT2D eigenvalue weighted by atomic mass is 79.9. The number of rotatable bonds is 8. The maximum atomic E-state index is 13.7. The van der Waals surface area contributed by atoms with Crippen LogP contribution in [-0.4, -0.2) is 69.4 Å². The van der Waals surface area contributed by atoms with Gasteiger partial charge >= 0.3 is 0 Å². The number of hydrogen-bond donors (Lipinski definition) is 0. The number of halogens is 2. The van der Waals surface area contributed by atoms with E-state index in [2.05, 4.69) is 20.8 Å². The van der Waals surface area contributed by atoms with Crippen molar-refractivity contribution in [2.75, 3.05) is 58.5 Å². The van der Waals surface area contributed by atoms with Crippen molar-refractivity contribution >= 4 is 60.9 Å². The number of amides is 1. The Hall–Kier alpha value is -1.91. The number of aromatic nitrogens is 1. The first kappa shape index (κ1) is 25.7. The van der Waals surface area contributed by atoms with Crippen molar-refractivity contribution in [2.45, 2.75) is 6.42 Å². The highest BCUT2D eigenvalue weighted by Gasteiger charge is 2.26. The van der Waals surface area contributed by atoms with Crippen molar-refractivity contribution in [3.8, 4) is 11.5 Å². The molecule has 1 amide bonds. The van der Waals surface area contributed by atoms with E-state index in [1.54, 1.807) is 37.3 Å². The minimum Gasteiger partial charge on any atom is -0.493 e. The molecule has 1 aliphatic rings. The van der Waals surface area contributed by atoms with E-state index >= 15 is 0 Å². The average Bonchev–Trinajstić information content (AvgIpc) is 3.24. The maximum Gasteiger partial charge on any atom is 0.263 e. The molecule has 1 fully saturated rings. The van der Waals surface area contributed by atoms with E-state index in [4.69, 9.17) is 19.2 Å². The van der Waals surface area contributed by atoms with Gasteiger partial charge in [-0.1, -0.05) is 33.3 Å². The molecule has 0 spiro atoms. The lowest BCUT2D eigenvalue weighted by molar-refractivity contribution is 0.0376. The van der Waals surface area contributed by atoms with Gasteiger partial charge in [-0.15, -0.1) is 12.4 Å². The van der Waals surface area contributed by atoms with Crippen molar-refractivity contribution < 1.29 is 19.0 Å². The van der Waals surface area contributed by atoms with Crippen LogP contribution in [0.1, 0.15) is 16.8 Å². The number of benzene rings is 2. The predicted octanol–water partition coefficient (Wildman–Crippen LogP) is 4.87. The van der Waals surface area contributed by atoms with Gasteiger partial charge in [-0.05, 0) is 36.8 Å². The van der Waals surface area contributed by atoms with Crippen molar-refractivity contribution in [3.63, 3.8) is 0 Å². The van der Waals surface area contributed by atoms with Gasteiger partial charge in [0.25, 0.3) is 5.91 Å². The second-order valence-electron chi connectivity index (χ2n) is 7.41. The first-order valence-electron chi connectivity index (χ1n) is 10.5. The molecule has 0 bridgehead atoms. The first-order valence-corrected chi connectivity index (χ1v) is 12.1. The molecule has 0 aliphatic carbocycles. The second-order valence-corrected chi connectivity index (χ2v) is 9.34. The Balaban J connectivity index is 0.00000306. The van der Waals surface area contributed by atoms with Crippen LogP contribution in [0.25, 0.3) is 10.2 Å². The van der Waals surface area contributed by atoms with Crippen LogP contribution in [0.5, 0.6) is 11.5 Å². The lowest BCUT2D eigenvalue weighted by Crippen LogP contribution is -2.39. The van der Waals surface area contributed by atoms with Gasteiger partial charge in [0.1, 0.15) is 0 Å². The number of morpholine rings is 1. The molecule has 33 heavy (non-hydrogen) atoms. The van der Waals surface area contributed by atoms with Gasteiger partial charge in [0.05, 0.1) is 43.2 Å². The van der Waals surface area contributed by atoms with E-state index in [0.29, 0.717) is 28.7 Å². The summed E-state index contributed by atoms with van der Waals surface area (Å²) in [5.41, 5.74) is 1.33. The smallest absolute Gasteiger partial charge is 0.263 e. The number of fused-ring (bicyclic) bond motifs is 1. The molecular formula is C23H27BrClN3O4S. The van der Waals surface area contributed by atoms with Crippen LogP contribution in [0.2, 0.25) is 0 Å². The SMILES string of the molecule is COc1cccc(C(=O)N(CCCN2CCOCC2)c2nc3ccc(Br)cc3s2)c1OC.Cl. The van der Waals surface area contributed by atoms with Gasteiger partial charge in [-0.25, -0.2) is 4.98 Å². The van der Waals surface area contributed by atoms with Gasteiger partial charge < -0.3 is 14.2 Å². The van der Waals surface area contributed by atoms with Crippen molar-refractivity contribution in [3.05, 3.63) is 46.4 Å². The Morgan fingerprint density at radius 2 is 2.00 bits per heavy atom. The van der Waals surface area contributed by atoms with Gasteiger partial charge in [0, 0.05) is 30.7 Å². The van der Waals surface area contributed by atoms with Crippen LogP contribution in [0, 0.1) is 0 Å². The number of hydrogen-bond acceptors (Lipinski definition) is 7. The fourth-order valence-corrected chi connectivity index (χ4v) is 5.31. The predicted molar refractivity (Wildman–Crippen MR) is 138 cm³/mol.